The summed E-state index contributed by atoms with van der Waals surface area (Å²) < 4.78 is 27.4. The molecule has 0 aliphatic carbocycles. The third-order valence-corrected chi connectivity index (χ3v) is 9.70. The Morgan fingerprint density at radius 3 is 1.91 bits per heavy atom. The first kappa shape index (κ1) is 45.9. The monoisotopic (exact) mass is 791 g/mol. The van der Waals surface area contributed by atoms with Gasteiger partial charge in [-0.2, -0.15) is 0 Å². The Morgan fingerprint density at radius 2 is 1.40 bits per heavy atom. The summed E-state index contributed by atoms with van der Waals surface area (Å²) in [7, 11) is 0. The number of aliphatic hydroxyl groups is 1. The Kier molecular flexibility index (Phi) is 20.8. The Balaban J connectivity index is 1.28. The number of nitrogens with zero attached hydrogens (tertiary/aromatic N) is 2. The first-order valence-corrected chi connectivity index (χ1v) is 20.0. The molecule has 2 heterocycles. The summed E-state index contributed by atoms with van der Waals surface area (Å²) in [4.78, 5) is 58.3. The maximum atomic E-state index is 13.8. The van der Waals surface area contributed by atoms with E-state index in [2.05, 4.69) is 20.9 Å². The number of aromatic nitrogens is 1. The van der Waals surface area contributed by atoms with Crippen molar-refractivity contribution in [3.8, 4) is 10.4 Å². The van der Waals surface area contributed by atoms with Crippen LogP contribution in [0.1, 0.15) is 64.6 Å². The molecule has 1 aliphatic heterocycles. The predicted octanol–water partition coefficient (Wildman–Crippen LogP) is 2.62. The van der Waals surface area contributed by atoms with Crippen molar-refractivity contribution >= 4 is 35.0 Å². The van der Waals surface area contributed by atoms with Gasteiger partial charge in [0, 0.05) is 38.9 Å². The standard InChI is InChI=1S/C39H61N5O10S/c1-6-13-40-33(46)11-14-50-16-18-52-20-22-54-23-21-53-19-17-51-15-12-34(47)43-36(39(3,4)5)38(49)44-26-31(45)24-32(44)37(48)41-25-29-7-9-30(10-8-29)35-28(2)42-27-55-35/h7-10,27,31-32,36,45H,6,11-26H2,1-5H3,(H,40,46)(H,41,48)(H,43,47)/t31-,32+,36+/m1/s1. The molecule has 0 radical (unpaired) electrons. The molecule has 3 rings (SSSR count). The Morgan fingerprint density at radius 1 is 0.855 bits per heavy atom. The molecule has 15 nitrogen and oxygen atoms in total. The Hall–Kier alpha value is -3.51. The quantitative estimate of drug-likeness (QED) is 0.103. The van der Waals surface area contributed by atoms with E-state index in [9.17, 15) is 24.3 Å². The highest BCUT2D eigenvalue weighted by atomic mass is 32.1. The fourth-order valence-corrected chi connectivity index (χ4v) is 6.49. The number of aryl methyl sites for hydroxylation is 1. The number of rotatable bonds is 26. The van der Waals surface area contributed by atoms with Gasteiger partial charge in [0.1, 0.15) is 12.1 Å². The molecule has 4 amide bonds. The number of ether oxygens (including phenoxy) is 5. The lowest BCUT2D eigenvalue weighted by Crippen LogP contribution is -2.57. The van der Waals surface area contributed by atoms with Gasteiger partial charge >= 0.3 is 0 Å². The summed E-state index contributed by atoms with van der Waals surface area (Å²) in [6.45, 7) is 14.0. The van der Waals surface area contributed by atoms with Gasteiger partial charge < -0.3 is 49.6 Å². The fourth-order valence-electron chi connectivity index (χ4n) is 5.68. The molecule has 0 unspecified atom stereocenters. The highest BCUT2D eigenvalue weighted by Gasteiger charge is 2.44. The van der Waals surface area contributed by atoms with Crippen LogP contribution in [0.5, 0.6) is 0 Å². The first-order chi connectivity index (χ1) is 26.4. The summed E-state index contributed by atoms with van der Waals surface area (Å²) >= 11 is 1.57. The van der Waals surface area contributed by atoms with Gasteiger partial charge in [-0.15, -0.1) is 11.3 Å². The average molecular weight is 792 g/mol. The predicted molar refractivity (Wildman–Crippen MR) is 208 cm³/mol. The van der Waals surface area contributed by atoms with Crippen molar-refractivity contribution in [1.82, 2.24) is 25.8 Å². The topological polar surface area (TPSA) is 187 Å². The van der Waals surface area contributed by atoms with Gasteiger partial charge in [0.15, 0.2) is 0 Å². The number of hydrogen-bond donors (Lipinski definition) is 4. The van der Waals surface area contributed by atoms with E-state index in [1.54, 1.807) is 11.3 Å². The molecule has 2 aromatic rings. The number of carbonyl (C=O) groups excluding carboxylic acids is 4. The van der Waals surface area contributed by atoms with Crippen LogP contribution in [0.4, 0.5) is 0 Å². The van der Waals surface area contributed by atoms with E-state index in [1.165, 1.54) is 4.90 Å². The summed E-state index contributed by atoms with van der Waals surface area (Å²) in [6.07, 6.45) is 0.544. The zero-order valence-electron chi connectivity index (χ0n) is 33.1. The van der Waals surface area contributed by atoms with Gasteiger partial charge in [0.2, 0.25) is 23.6 Å². The largest absolute Gasteiger partial charge is 0.391 e. The zero-order valence-corrected chi connectivity index (χ0v) is 33.9. The number of likely N-dealkylation sites (tertiary alicyclic amines) is 1. The summed E-state index contributed by atoms with van der Waals surface area (Å²) in [5.74, 6) is -1.14. The zero-order chi connectivity index (χ0) is 40.1. The molecule has 4 N–H and O–H groups in total. The van der Waals surface area contributed by atoms with Crippen molar-refractivity contribution in [2.45, 2.75) is 85.0 Å². The minimum Gasteiger partial charge on any atom is -0.391 e. The van der Waals surface area contributed by atoms with Gasteiger partial charge in [-0.3, -0.25) is 19.2 Å². The number of amides is 4. The molecule has 1 aromatic heterocycles. The van der Waals surface area contributed by atoms with Gasteiger partial charge in [-0.25, -0.2) is 4.98 Å². The summed E-state index contributed by atoms with van der Waals surface area (Å²) in [5, 5.41) is 19.0. The minimum absolute atomic E-state index is 0.00219. The molecule has 1 saturated heterocycles. The maximum absolute atomic E-state index is 13.8. The average Bonchev–Trinajstić information content (AvgIpc) is 3.77. The molecule has 55 heavy (non-hydrogen) atoms. The van der Waals surface area contributed by atoms with Crippen LogP contribution < -0.4 is 16.0 Å². The van der Waals surface area contributed by atoms with Crippen molar-refractivity contribution in [3.05, 3.63) is 41.0 Å². The molecular formula is C39H61N5O10S. The van der Waals surface area contributed by atoms with E-state index in [0.717, 1.165) is 28.1 Å². The fraction of sp³-hybridized carbons (Fsp3) is 0.667. The van der Waals surface area contributed by atoms with Crippen LogP contribution in [0.2, 0.25) is 0 Å². The van der Waals surface area contributed by atoms with Crippen LogP contribution in [0, 0.1) is 12.3 Å². The van der Waals surface area contributed by atoms with E-state index in [0.29, 0.717) is 65.8 Å². The second-order valence-electron chi connectivity index (χ2n) is 14.4. The summed E-state index contributed by atoms with van der Waals surface area (Å²) in [6, 6.07) is 6.09. The van der Waals surface area contributed by atoms with Crippen LogP contribution in [-0.4, -0.2) is 136 Å². The smallest absolute Gasteiger partial charge is 0.246 e. The van der Waals surface area contributed by atoms with Gasteiger partial charge in [0.25, 0.3) is 0 Å². The number of benzene rings is 1. The van der Waals surface area contributed by atoms with Crippen molar-refractivity contribution in [1.29, 1.82) is 0 Å². The van der Waals surface area contributed by atoms with E-state index < -0.39 is 29.5 Å². The van der Waals surface area contributed by atoms with Crippen molar-refractivity contribution in [2.24, 2.45) is 5.41 Å². The van der Waals surface area contributed by atoms with Crippen LogP contribution in [0.15, 0.2) is 29.8 Å². The van der Waals surface area contributed by atoms with Crippen LogP contribution in [0.3, 0.4) is 0 Å². The molecule has 1 fully saturated rings. The highest BCUT2D eigenvalue weighted by Crippen LogP contribution is 2.28. The normalized spacial score (nSPS) is 16.2. The molecule has 0 saturated carbocycles. The second kappa shape index (κ2) is 24.9. The Labute approximate surface area is 329 Å². The number of thiazole rings is 1. The van der Waals surface area contributed by atoms with Gasteiger partial charge in [-0.1, -0.05) is 52.0 Å². The molecule has 0 bridgehead atoms. The molecule has 3 atom stereocenters. The molecule has 16 heteroatoms. The number of β-amino-alcohol motifs (C(OH)–C–C–N with tert-alkyl or cyclic N) is 1. The van der Waals surface area contributed by atoms with Crippen LogP contribution in [-0.2, 0) is 49.4 Å². The van der Waals surface area contributed by atoms with Crippen LogP contribution in [0.25, 0.3) is 10.4 Å². The third-order valence-electron chi connectivity index (χ3n) is 8.72. The van der Waals surface area contributed by atoms with Crippen LogP contribution >= 0.6 is 11.3 Å². The number of carbonyl (C=O) groups is 4. The van der Waals surface area contributed by atoms with Crippen molar-refractivity contribution < 1.29 is 48.0 Å². The molecule has 0 spiro atoms. The van der Waals surface area contributed by atoms with E-state index >= 15 is 0 Å². The highest BCUT2D eigenvalue weighted by molar-refractivity contribution is 7.13. The molecule has 308 valence electrons. The number of nitrogens with one attached hydrogen (secondary N) is 3. The minimum atomic E-state index is -0.916. The second-order valence-corrected chi connectivity index (χ2v) is 15.2. The Bertz CT molecular complexity index is 1450. The lowest BCUT2D eigenvalue weighted by molar-refractivity contribution is -0.144. The maximum Gasteiger partial charge on any atom is 0.246 e. The van der Waals surface area contributed by atoms with E-state index in [1.807, 2.05) is 64.4 Å². The lowest BCUT2D eigenvalue weighted by Gasteiger charge is -2.35. The number of hydrogen-bond acceptors (Lipinski definition) is 12. The van der Waals surface area contributed by atoms with Crippen molar-refractivity contribution in [2.75, 3.05) is 79.2 Å². The summed E-state index contributed by atoms with van der Waals surface area (Å²) in [5.41, 5.74) is 4.07. The molecule has 1 aliphatic rings. The van der Waals surface area contributed by atoms with E-state index in [4.69, 9.17) is 23.7 Å². The molecule has 1 aromatic carbocycles. The number of aliphatic hydroxyl groups excluding tert-OH is 1. The SMILES string of the molecule is CCCNC(=O)CCOCCOCCOCCOCCOCCC(=O)N[C@@H](C(=O)N1C[C@H](O)C[C@H]1C(=O)NCc1ccc(-c2scnc2C)cc1)C(C)(C)C. The lowest BCUT2D eigenvalue weighted by atomic mass is 9.85. The third kappa shape index (κ3) is 17.0. The van der Waals surface area contributed by atoms with E-state index in [-0.39, 0.29) is 56.9 Å². The van der Waals surface area contributed by atoms with Gasteiger partial charge in [-0.05, 0) is 29.9 Å². The van der Waals surface area contributed by atoms with Gasteiger partial charge in [0.05, 0.1) is 88.3 Å². The first-order valence-electron chi connectivity index (χ1n) is 19.1. The van der Waals surface area contributed by atoms with Crippen molar-refractivity contribution in [3.63, 3.8) is 0 Å². The molecular weight excluding hydrogens is 731 g/mol.